The molecule has 0 aromatic heterocycles. The second-order valence-corrected chi connectivity index (χ2v) is 4.59. The molecule has 0 radical (unpaired) electrons. The van der Waals surface area contributed by atoms with Gasteiger partial charge in [-0.2, -0.15) is 0 Å². The van der Waals surface area contributed by atoms with Gasteiger partial charge in [-0.3, -0.25) is 4.79 Å². The molecule has 2 aromatic carbocycles. The summed E-state index contributed by atoms with van der Waals surface area (Å²) in [5.41, 5.74) is 0.177. The zero-order chi connectivity index (χ0) is 13.0. The molecule has 0 amide bonds. The summed E-state index contributed by atoms with van der Waals surface area (Å²) in [6.45, 7) is 0.228. The Balaban J connectivity index is 2.25. The van der Waals surface area contributed by atoms with E-state index in [1.165, 1.54) is 12.1 Å². The Morgan fingerprint density at radius 3 is 2.56 bits per heavy atom. The maximum Gasteiger partial charge on any atom is 0.255 e. The van der Waals surface area contributed by atoms with Crippen molar-refractivity contribution in [2.24, 2.45) is 0 Å². The summed E-state index contributed by atoms with van der Waals surface area (Å²) in [6.07, 6.45) is 0. The van der Waals surface area contributed by atoms with Crippen molar-refractivity contribution in [2.75, 3.05) is 0 Å². The highest BCUT2D eigenvalue weighted by Gasteiger charge is 2.05. The van der Waals surface area contributed by atoms with E-state index in [1.54, 1.807) is 0 Å². The SMILES string of the molecule is O=c1c(F)ccc(Br)cc1OCc1ccccc1. The third-order valence-corrected chi connectivity index (χ3v) is 2.83. The molecular weight excluding hydrogens is 299 g/mol. The average molecular weight is 309 g/mol. The second kappa shape index (κ2) is 5.78. The first-order valence-corrected chi connectivity index (χ1v) is 6.12. The highest BCUT2D eigenvalue weighted by Crippen LogP contribution is 2.15. The van der Waals surface area contributed by atoms with Gasteiger partial charge in [-0.15, -0.1) is 0 Å². The van der Waals surface area contributed by atoms with Gasteiger partial charge in [0.1, 0.15) is 6.61 Å². The fourth-order valence-electron chi connectivity index (χ4n) is 1.43. The molecule has 2 aromatic rings. The Bertz CT molecular complexity index is 599. The van der Waals surface area contributed by atoms with Gasteiger partial charge >= 0.3 is 0 Å². The number of hydrogen-bond acceptors (Lipinski definition) is 2. The molecule has 0 unspecified atom stereocenters. The van der Waals surface area contributed by atoms with Crippen LogP contribution in [-0.4, -0.2) is 0 Å². The first-order valence-electron chi connectivity index (χ1n) is 5.33. The molecule has 0 fully saturated rings. The Morgan fingerprint density at radius 1 is 1.11 bits per heavy atom. The van der Waals surface area contributed by atoms with Gasteiger partial charge in [-0.1, -0.05) is 46.3 Å². The van der Waals surface area contributed by atoms with Gasteiger partial charge in [0, 0.05) is 4.47 Å². The Hall–Kier alpha value is -1.68. The van der Waals surface area contributed by atoms with Crippen molar-refractivity contribution in [1.82, 2.24) is 0 Å². The molecule has 0 aliphatic carbocycles. The quantitative estimate of drug-likeness (QED) is 0.867. The van der Waals surface area contributed by atoms with Gasteiger partial charge < -0.3 is 4.74 Å². The van der Waals surface area contributed by atoms with Crippen molar-refractivity contribution in [3.63, 3.8) is 0 Å². The zero-order valence-electron chi connectivity index (χ0n) is 9.40. The van der Waals surface area contributed by atoms with Crippen molar-refractivity contribution >= 4 is 15.9 Å². The largest absolute Gasteiger partial charge is 0.485 e. The monoisotopic (exact) mass is 308 g/mol. The molecular formula is C14H10BrFO2. The molecule has 0 atom stereocenters. The molecule has 0 heterocycles. The smallest absolute Gasteiger partial charge is 0.255 e. The molecule has 0 bridgehead atoms. The van der Waals surface area contributed by atoms with Gasteiger partial charge in [0.05, 0.1) is 0 Å². The molecule has 0 N–H and O–H groups in total. The Kier molecular flexibility index (Phi) is 4.10. The molecule has 0 aliphatic heterocycles. The van der Waals surface area contributed by atoms with Crippen molar-refractivity contribution in [3.8, 4) is 5.75 Å². The van der Waals surface area contributed by atoms with Gasteiger partial charge in [0.25, 0.3) is 5.43 Å². The third kappa shape index (κ3) is 3.17. The molecule has 0 spiro atoms. The van der Waals surface area contributed by atoms with Crippen LogP contribution in [0.4, 0.5) is 4.39 Å². The van der Waals surface area contributed by atoms with Crippen molar-refractivity contribution in [2.45, 2.75) is 6.61 Å². The minimum Gasteiger partial charge on any atom is -0.485 e. The van der Waals surface area contributed by atoms with Crippen molar-refractivity contribution < 1.29 is 9.13 Å². The summed E-state index contributed by atoms with van der Waals surface area (Å²) >= 11 is 3.20. The number of rotatable bonds is 3. The van der Waals surface area contributed by atoms with Crippen LogP contribution in [0.3, 0.4) is 0 Å². The van der Waals surface area contributed by atoms with E-state index in [2.05, 4.69) is 15.9 Å². The number of hydrogen-bond donors (Lipinski definition) is 0. The maximum atomic E-state index is 13.3. The molecule has 18 heavy (non-hydrogen) atoms. The lowest BCUT2D eigenvalue weighted by molar-refractivity contribution is 0.302. The first-order chi connectivity index (χ1) is 8.66. The van der Waals surface area contributed by atoms with E-state index in [4.69, 9.17) is 4.74 Å². The second-order valence-electron chi connectivity index (χ2n) is 3.68. The van der Waals surface area contributed by atoms with Crippen LogP contribution in [0.1, 0.15) is 5.56 Å². The summed E-state index contributed by atoms with van der Waals surface area (Å²) in [7, 11) is 0. The van der Waals surface area contributed by atoms with E-state index in [9.17, 15) is 9.18 Å². The van der Waals surface area contributed by atoms with Crippen LogP contribution in [0.2, 0.25) is 0 Å². The lowest BCUT2D eigenvalue weighted by atomic mass is 10.2. The topological polar surface area (TPSA) is 26.3 Å². The van der Waals surface area contributed by atoms with Crippen LogP contribution in [0.15, 0.2) is 57.8 Å². The molecule has 92 valence electrons. The summed E-state index contributed by atoms with van der Waals surface area (Å²) < 4.78 is 19.3. The standard InChI is InChI=1S/C14H10BrFO2/c15-11-6-7-12(16)14(17)13(8-11)18-9-10-4-2-1-3-5-10/h1-8H,9H2. The summed E-state index contributed by atoms with van der Waals surface area (Å²) in [5, 5.41) is 0. The molecule has 2 nitrogen and oxygen atoms in total. The van der Waals surface area contributed by atoms with Crippen molar-refractivity contribution in [3.05, 3.63) is 74.6 Å². The van der Waals surface area contributed by atoms with Gasteiger partial charge in [0.15, 0.2) is 11.6 Å². The van der Waals surface area contributed by atoms with Crippen LogP contribution in [-0.2, 0) is 6.61 Å². The zero-order valence-corrected chi connectivity index (χ0v) is 11.0. The van der Waals surface area contributed by atoms with Crippen LogP contribution in [0.5, 0.6) is 5.75 Å². The highest BCUT2D eigenvalue weighted by atomic mass is 79.9. The fraction of sp³-hybridized carbons (Fsp3) is 0.0714. The predicted molar refractivity (Wildman–Crippen MR) is 71.1 cm³/mol. The van der Waals surface area contributed by atoms with E-state index >= 15 is 0 Å². The number of halogens is 2. The molecule has 2 rings (SSSR count). The fourth-order valence-corrected chi connectivity index (χ4v) is 1.77. The third-order valence-electron chi connectivity index (χ3n) is 2.34. The summed E-state index contributed by atoms with van der Waals surface area (Å²) in [6, 6.07) is 13.4. The number of benzene rings is 1. The lowest BCUT2D eigenvalue weighted by Crippen LogP contribution is -2.08. The number of ether oxygens (including phenoxy) is 1. The molecule has 0 saturated carbocycles. The summed E-state index contributed by atoms with van der Waals surface area (Å²) in [4.78, 5) is 11.6. The van der Waals surface area contributed by atoms with Gasteiger partial charge in [-0.05, 0) is 23.8 Å². The van der Waals surface area contributed by atoms with Crippen LogP contribution in [0.25, 0.3) is 0 Å². The van der Waals surface area contributed by atoms with Crippen LogP contribution in [0, 0.1) is 5.82 Å². The summed E-state index contributed by atoms with van der Waals surface area (Å²) in [5.74, 6) is -0.836. The average Bonchev–Trinajstić information content (AvgIpc) is 2.51. The van der Waals surface area contributed by atoms with Crippen LogP contribution >= 0.6 is 15.9 Å². The Labute approximate surface area is 112 Å². The molecule has 4 heteroatoms. The van der Waals surface area contributed by atoms with E-state index in [1.807, 2.05) is 30.3 Å². The van der Waals surface area contributed by atoms with Crippen molar-refractivity contribution in [1.29, 1.82) is 0 Å². The van der Waals surface area contributed by atoms with E-state index in [-0.39, 0.29) is 12.4 Å². The normalized spacial score (nSPS) is 10.1. The van der Waals surface area contributed by atoms with Gasteiger partial charge in [-0.25, -0.2) is 4.39 Å². The van der Waals surface area contributed by atoms with E-state index < -0.39 is 11.2 Å². The minimum atomic E-state index is -0.830. The first kappa shape index (κ1) is 12.8. The van der Waals surface area contributed by atoms with E-state index in [0.29, 0.717) is 4.47 Å². The van der Waals surface area contributed by atoms with E-state index in [0.717, 1.165) is 11.6 Å². The lowest BCUT2D eigenvalue weighted by Gasteiger charge is -2.03. The Morgan fingerprint density at radius 2 is 1.83 bits per heavy atom. The molecule has 0 saturated heterocycles. The maximum absolute atomic E-state index is 13.3. The van der Waals surface area contributed by atoms with Crippen LogP contribution < -0.4 is 10.2 Å². The minimum absolute atomic E-state index is 0.00627. The van der Waals surface area contributed by atoms with Gasteiger partial charge in [0.2, 0.25) is 0 Å². The predicted octanol–water partition coefficient (Wildman–Crippen LogP) is 3.53. The highest BCUT2D eigenvalue weighted by molar-refractivity contribution is 9.10. The molecule has 0 aliphatic rings.